The summed E-state index contributed by atoms with van der Waals surface area (Å²) in [5, 5.41) is 8.62. The minimum Gasteiger partial charge on any atom is -0.356 e. The van der Waals surface area contributed by atoms with Crippen LogP contribution in [0.3, 0.4) is 0 Å². The third-order valence-corrected chi connectivity index (χ3v) is 3.79. The van der Waals surface area contributed by atoms with Crippen LogP contribution in [0, 0.1) is 0 Å². The van der Waals surface area contributed by atoms with E-state index in [1.807, 2.05) is 20.1 Å². The van der Waals surface area contributed by atoms with E-state index >= 15 is 0 Å². The Balaban J connectivity index is 0.000000388. The third-order valence-electron chi connectivity index (χ3n) is 2.63. The molecule has 0 aromatic carbocycles. The van der Waals surface area contributed by atoms with Crippen LogP contribution >= 0.6 is 11.8 Å². The Morgan fingerprint density at radius 3 is 2.75 bits per heavy atom. The van der Waals surface area contributed by atoms with Gasteiger partial charge in [0.15, 0.2) is 0 Å². The highest BCUT2D eigenvalue weighted by molar-refractivity contribution is 8.00. The molecule has 0 radical (unpaired) electrons. The molecule has 6 nitrogen and oxygen atoms in total. The van der Waals surface area contributed by atoms with Crippen LogP contribution in [0.4, 0.5) is 4.79 Å². The van der Waals surface area contributed by atoms with E-state index in [1.165, 1.54) is 13.5 Å². The highest BCUT2D eigenvalue weighted by Crippen LogP contribution is 2.17. The molecule has 1 aliphatic rings. The number of nitrogens with one attached hydrogen (secondary N) is 2. The van der Waals surface area contributed by atoms with Crippen LogP contribution in [0.1, 0.15) is 39.5 Å². The van der Waals surface area contributed by atoms with Gasteiger partial charge in [0.2, 0.25) is 5.91 Å². The number of hydrogen-bond donors (Lipinski definition) is 2. The average molecular weight is 303 g/mol. The van der Waals surface area contributed by atoms with Crippen molar-refractivity contribution in [2.75, 3.05) is 19.8 Å². The summed E-state index contributed by atoms with van der Waals surface area (Å²) in [6.45, 7) is 4.85. The van der Waals surface area contributed by atoms with Gasteiger partial charge in [0.25, 0.3) is 0 Å². The quantitative estimate of drug-likeness (QED) is 0.475. The lowest BCUT2D eigenvalue weighted by molar-refractivity contribution is -0.120. The van der Waals surface area contributed by atoms with Crippen LogP contribution in [0.5, 0.6) is 0 Å². The van der Waals surface area contributed by atoms with Crippen LogP contribution in [0.15, 0.2) is 5.16 Å². The van der Waals surface area contributed by atoms with Gasteiger partial charge in [-0.05, 0) is 32.9 Å². The van der Waals surface area contributed by atoms with Gasteiger partial charge in [-0.25, -0.2) is 4.79 Å². The van der Waals surface area contributed by atoms with E-state index < -0.39 is 6.09 Å². The second-order valence-electron chi connectivity index (χ2n) is 4.83. The maximum absolute atomic E-state index is 10.6. The highest BCUT2D eigenvalue weighted by Gasteiger charge is 2.12. The molecule has 0 unspecified atom stereocenters. The standard InChI is InChI=1S/C7H14N2O2S.C6H11NO/c1-7(2,12-4)5-9-11-6(10)8-3;8-6-4-2-1-3-5-7-6/h5H,1-4H3,(H,8,10);1-5H2,(H,7,8)/b9-5+;. The number of carbonyl (C=O) groups excluding carboxylic acids is 2. The highest BCUT2D eigenvalue weighted by atomic mass is 32.2. The van der Waals surface area contributed by atoms with E-state index in [0.717, 1.165) is 25.8 Å². The average Bonchev–Trinajstić information content (AvgIpc) is 2.67. The largest absolute Gasteiger partial charge is 0.433 e. The second kappa shape index (κ2) is 10.5. The van der Waals surface area contributed by atoms with Crippen molar-refractivity contribution in [1.82, 2.24) is 10.6 Å². The molecule has 20 heavy (non-hydrogen) atoms. The molecule has 2 amide bonds. The van der Waals surface area contributed by atoms with Gasteiger partial charge in [0.05, 0.1) is 6.21 Å². The van der Waals surface area contributed by atoms with Gasteiger partial charge >= 0.3 is 6.09 Å². The molecule has 0 atom stereocenters. The summed E-state index contributed by atoms with van der Waals surface area (Å²) < 4.78 is -0.103. The SMILES string of the molecule is CNC(=O)O/N=C/C(C)(C)SC.O=C1CCCCCN1. The molecular formula is C13H25N3O3S. The summed E-state index contributed by atoms with van der Waals surface area (Å²) in [6, 6.07) is 0. The molecule has 0 aliphatic carbocycles. The molecule has 1 fully saturated rings. The molecule has 0 spiro atoms. The first-order chi connectivity index (χ1) is 9.41. The number of oxime groups is 1. The van der Waals surface area contributed by atoms with Crippen molar-refractivity contribution in [3.8, 4) is 0 Å². The lowest BCUT2D eigenvalue weighted by atomic mass is 10.2. The van der Waals surface area contributed by atoms with Crippen LogP contribution in [0.25, 0.3) is 0 Å². The molecule has 0 bridgehead atoms. The predicted molar refractivity (Wildman–Crippen MR) is 83.1 cm³/mol. The number of carbonyl (C=O) groups is 2. The topological polar surface area (TPSA) is 79.8 Å². The van der Waals surface area contributed by atoms with Gasteiger partial charge < -0.3 is 10.6 Å². The predicted octanol–water partition coefficient (Wildman–Crippen LogP) is 2.15. The number of rotatable bonds is 3. The molecule has 0 saturated carbocycles. The first-order valence-corrected chi connectivity index (χ1v) is 7.89. The van der Waals surface area contributed by atoms with Crippen molar-refractivity contribution >= 4 is 30.0 Å². The molecule has 0 aromatic rings. The van der Waals surface area contributed by atoms with Crippen molar-refractivity contribution < 1.29 is 14.4 Å². The molecule has 1 heterocycles. The number of amides is 2. The molecule has 7 heteroatoms. The number of hydrogen-bond acceptors (Lipinski definition) is 5. The Labute approximate surface area is 125 Å². The van der Waals surface area contributed by atoms with Crippen LogP contribution in [-0.2, 0) is 9.63 Å². The van der Waals surface area contributed by atoms with Crippen molar-refractivity contribution in [1.29, 1.82) is 0 Å². The minimum atomic E-state index is -0.553. The van der Waals surface area contributed by atoms with Gasteiger partial charge in [-0.15, -0.1) is 0 Å². The van der Waals surface area contributed by atoms with Crippen molar-refractivity contribution in [2.24, 2.45) is 5.16 Å². The summed E-state index contributed by atoms with van der Waals surface area (Å²) >= 11 is 1.63. The van der Waals surface area contributed by atoms with Crippen molar-refractivity contribution in [2.45, 2.75) is 44.3 Å². The van der Waals surface area contributed by atoms with E-state index in [1.54, 1.807) is 18.0 Å². The number of thioether (sulfide) groups is 1. The van der Waals surface area contributed by atoms with E-state index in [9.17, 15) is 9.59 Å². The van der Waals surface area contributed by atoms with E-state index in [4.69, 9.17) is 0 Å². The maximum Gasteiger partial charge on any atom is 0.433 e. The Kier molecular flexibility index (Phi) is 9.88. The summed E-state index contributed by atoms with van der Waals surface area (Å²) in [4.78, 5) is 25.5. The molecule has 0 aromatic heterocycles. The fraction of sp³-hybridized carbons (Fsp3) is 0.769. The Morgan fingerprint density at radius 1 is 1.45 bits per heavy atom. The summed E-state index contributed by atoms with van der Waals surface area (Å²) in [6.07, 6.45) is 7.18. The Morgan fingerprint density at radius 2 is 2.15 bits per heavy atom. The molecule has 116 valence electrons. The van der Waals surface area contributed by atoms with Crippen LogP contribution < -0.4 is 10.6 Å². The molecule has 2 N–H and O–H groups in total. The normalized spacial score (nSPS) is 15.7. The smallest absolute Gasteiger partial charge is 0.356 e. The lowest BCUT2D eigenvalue weighted by Crippen LogP contribution is -2.21. The van der Waals surface area contributed by atoms with Gasteiger partial charge in [-0.2, -0.15) is 11.8 Å². The lowest BCUT2D eigenvalue weighted by Gasteiger charge is -2.13. The first kappa shape index (κ1) is 18.8. The van der Waals surface area contributed by atoms with E-state index in [-0.39, 0.29) is 10.7 Å². The summed E-state index contributed by atoms with van der Waals surface area (Å²) in [5.41, 5.74) is 0. The molecule has 1 aliphatic heterocycles. The fourth-order valence-electron chi connectivity index (χ4n) is 1.20. The third kappa shape index (κ3) is 10.7. The van der Waals surface area contributed by atoms with Gasteiger partial charge in [0, 0.05) is 24.8 Å². The molecular weight excluding hydrogens is 278 g/mol. The van der Waals surface area contributed by atoms with Crippen LogP contribution in [0.2, 0.25) is 0 Å². The van der Waals surface area contributed by atoms with Crippen molar-refractivity contribution in [3.05, 3.63) is 0 Å². The zero-order valence-corrected chi connectivity index (χ0v) is 13.5. The minimum absolute atomic E-state index is 0.103. The number of nitrogens with zero attached hydrogens (tertiary/aromatic N) is 1. The van der Waals surface area contributed by atoms with E-state index in [2.05, 4.69) is 20.6 Å². The fourth-order valence-corrected chi connectivity index (χ4v) is 1.35. The first-order valence-electron chi connectivity index (χ1n) is 6.66. The Bertz CT molecular complexity index is 323. The van der Waals surface area contributed by atoms with E-state index in [0.29, 0.717) is 0 Å². The Hall–Kier alpha value is -1.24. The molecule has 1 rings (SSSR count). The second-order valence-corrected chi connectivity index (χ2v) is 6.29. The van der Waals surface area contributed by atoms with Gasteiger partial charge in [-0.1, -0.05) is 11.6 Å². The summed E-state index contributed by atoms with van der Waals surface area (Å²) in [5.74, 6) is 0.225. The zero-order chi connectivity index (χ0) is 15.4. The molecule has 1 saturated heterocycles. The summed E-state index contributed by atoms with van der Waals surface area (Å²) in [7, 11) is 1.48. The monoisotopic (exact) mass is 303 g/mol. The zero-order valence-electron chi connectivity index (χ0n) is 12.7. The van der Waals surface area contributed by atoms with Crippen LogP contribution in [-0.4, -0.2) is 42.8 Å². The maximum atomic E-state index is 10.6. The van der Waals surface area contributed by atoms with Crippen molar-refractivity contribution in [3.63, 3.8) is 0 Å². The van der Waals surface area contributed by atoms with Gasteiger partial charge in [0.1, 0.15) is 0 Å². The van der Waals surface area contributed by atoms with Gasteiger partial charge in [-0.3, -0.25) is 9.63 Å².